The molecule has 0 radical (unpaired) electrons. The Morgan fingerprint density at radius 3 is 2.59 bits per heavy atom. The summed E-state index contributed by atoms with van der Waals surface area (Å²) in [5.41, 5.74) is 2.23. The van der Waals surface area contributed by atoms with Crippen molar-refractivity contribution in [1.29, 1.82) is 0 Å². The van der Waals surface area contributed by atoms with Gasteiger partial charge in [0.1, 0.15) is 11.6 Å². The van der Waals surface area contributed by atoms with Gasteiger partial charge >= 0.3 is 0 Å². The fraction of sp³-hybridized carbons (Fsp3) is 0.190. The Morgan fingerprint density at radius 1 is 1.14 bits per heavy atom. The van der Waals surface area contributed by atoms with E-state index in [1.807, 2.05) is 0 Å². The minimum atomic E-state index is -0.470. The Hall–Kier alpha value is -3.00. The van der Waals surface area contributed by atoms with Crippen LogP contribution in [0.4, 0.5) is 8.78 Å². The summed E-state index contributed by atoms with van der Waals surface area (Å²) in [5.74, 6) is -1.08. The first-order valence-electron chi connectivity index (χ1n) is 8.92. The summed E-state index contributed by atoms with van der Waals surface area (Å²) >= 11 is 1.21. The summed E-state index contributed by atoms with van der Waals surface area (Å²) in [6.07, 6.45) is 1.97. The molecule has 0 spiro atoms. The zero-order valence-corrected chi connectivity index (χ0v) is 16.5. The van der Waals surface area contributed by atoms with E-state index in [0.717, 1.165) is 11.3 Å². The number of nitrogens with zero attached hydrogens (tertiary/aromatic N) is 1. The number of hydrogen-bond donors (Lipinski definition) is 2. The minimum absolute atomic E-state index is 0.0983. The molecule has 0 aliphatic carbocycles. The summed E-state index contributed by atoms with van der Waals surface area (Å²) in [6, 6.07) is 10.4. The quantitative estimate of drug-likeness (QED) is 0.431. The van der Waals surface area contributed by atoms with Crippen LogP contribution in [0.5, 0.6) is 0 Å². The van der Waals surface area contributed by atoms with Gasteiger partial charge in [0.25, 0.3) is 0 Å². The second-order valence-corrected chi connectivity index (χ2v) is 7.32. The van der Waals surface area contributed by atoms with Crippen molar-refractivity contribution in [2.45, 2.75) is 18.5 Å². The molecule has 0 aliphatic rings. The number of benzene rings is 2. The summed E-state index contributed by atoms with van der Waals surface area (Å²) in [4.78, 5) is 30.5. The molecule has 0 saturated carbocycles. The number of amides is 1. The molecule has 2 aromatic carbocycles. The number of carbonyl (C=O) groups excluding carboxylic acids is 2. The molecule has 0 unspecified atom stereocenters. The lowest BCUT2D eigenvalue weighted by molar-refractivity contribution is -0.118. The van der Waals surface area contributed by atoms with E-state index in [0.29, 0.717) is 23.7 Å². The molecule has 2 N–H and O–H groups in total. The Bertz CT molecular complexity index is 1020. The van der Waals surface area contributed by atoms with Gasteiger partial charge in [0, 0.05) is 19.0 Å². The van der Waals surface area contributed by atoms with Crippen molar-refractivity contribution in [3.8, 4) is 11.3 Å². The number of ketones is 1. The third-order valence-electron chi connectivity index (χ3n) is 4.19. The fourth-order valence-electron chi connectivity index (χ4n) is 2.67. The number of carbonyl (C=O) groups is 2. The average molecular weight is 415 g/mol. The van der Waals surface area contributed by atoms with Crippen LogP contribution in [0.3, 0.4) is 0 Å². The van der Waals surface area contributed by atoms with E-state index in [2.05, 4.69) is 15.3 Å². The van der Waals surface area contributed by atoms with Gasteiger partial charge in [-0.3, -0.25) is 9.59 Å². The summed E-state index contributed by atoms with van der Waals surface area (Å²) in [6.45, 7) is 1.74. The fourth-order valence-corrected chi connectivity index (χ4v) is 3.41. The maximum Gasteiger partial charge on any atom is 0.216 e. The Morgan fingerprint density at radius 2 is 1.90 bits per heavy atom. The second kappa shape index (κ2) is 9.47. The Labute approximate surface area is 170 Å². The maximum absolute atomic E-state index is 14.2. The van der Waals surface area contributed by atoms with Gasteiger partial charge in [-0.2, -0.15) is 0 Å². The second-order valence-electron chi connectivity index (χ2n) is 6.36. The number of H-pyrrole nitrogens is 1. The molecule has 5 nitrogen and oxygen atoms in total. The lowest BCUT2D eigenvalue weighted by Crippen LogP contribution is -2.22. The number of nitrogens with one attached hydrogen (secondary N) is 2. The average Bonchev–Trinajstić information content (AvgIpc) is 3.16. The van der Waals surface area contributed by atoms with Gasteiger partial charge in [-0.15, -0.1) is 0 Å². The van der Waals surface area contributed by atoms with Crippen molar-refractivity contribution in [2.75, 3.05) is 12.3 Å². The predicted octanol–water partition coefficient (Wildman–Crippen LogP) is 4.01. The van der Waals surface area contributed by atoms with Gasteiger partial charge in [-0.25, -0.2) is 13.8 Å². The highest BCUT2D eigenvalue weighted by atomic mass is 32.2. The Kier molecular flexibility index (Phi) is 6.77. The number of imidazole rings is 1. The van der Waals surface area contributed by atoms with Gasteiger partial charge in [-0.05, 0) is 47.9 Å². The van der Waals surface area contributed by atoms with Crippen molar-refractivity contribution < 1.29 is 18.4 Å². The monoisotopic (exact) mass is 415 g/mol. The van der Waals surface area contributed by atoms with Gasteiger partial charge in [-0.1, -0.05) is 23.9 Å². The molecule has 1 aromatic heterocycles. The molecule has 3 aromatic rings. The highest BCUT2D eigenvalue weighted by Crippen LogP contribution is 2.22. The van der Waals surface area contributed by atoms with Gasteiger partial charge in [0.05, 0.1) is 17.6 Å². The first-order valence-corrected chi connectivity index (χ1v) is 9.91. The number of halogens is 2. The van der Waals surface area contributed by atoms with Crippen molar-refractivity contribution in [3.63, 3.8) is 0 Å². The topological polar surface area (TPSA) is 74.8 Å². The SMILES string of the molecule is CC(=O)NCCc1ccc(C(=O)CSc2ncc(-c3ccc(F)cc3)[nH]2)cc1F. The number of hydrogen-bond acceptors (Lipinski definition) is 4. The third kappa shape index (κ3) is 5.74. The number of aromatic amines is 1. The molecule has 0 bridgehead atoms. The standard InChI is InChI=1S/C21H19F2N3O2S/c1-13(27)24-9-8-14-2-3-16(10-18(14)23)20(28)12-29-21-25-11-19(26-21)15-4-6-17(22)7-5-15/h2-7,10-11H,8-9,12H2,1H3,(H,24,27)(H,25,26). The number of Topliss-reactive ketones (excluding diaryl/α,β-unsaturated/α-hetero) is 1. The molecular formula is C21H19F2N3O2S. The van der Waals surface area contributed by atoms with E-state index >= 15 is 0 Å². The molecule has 1 amide bonds. The summed E-state index contributed by atoms with van der Waals surface area (Å²) in [7, 11) is 0. The highest BCUT2D eigenvalue weighted by molar-refractivity contribution is 7.99. The minimum Gasteiger partial charge on any atom is -0.356 e. The van der Waals surface area contributed by atoms with Gasteiger partial charge in [0.15, 0.2) is 10.9 Å². The normalized spacial score (nSPS) is 10.7. The molecule has 8 heteroatoms. The van der Waals surface area contributed by atoms with Crippen LogP contribution in [-0.2, 0) is 11.2 Å². The number of thioether (sulfide) groups is 1. The predicted molar refractivity (Wildman–Crippen MR) is 108 cm³/mol. The number of rotatable bonds is 8. The van der Waals surface area contributed by atoms with Crippen LogP contribution in [0, 0.1) is 11.6 Å². The van der Waals surface area contributed by atoms with E-state index < -0.39 is 5.82 Å². The zero-order valence-electron chi connectivity index (χ0n) is 15.7. The molecule has 3 rings (SSSR count). The van der Waals surface area contributed by atoms with Crippen molar-refractivity contribution in [1.82, 2.24) is 15.3 Å². The largest absolute Gasteiger partial charge is 0.356 e. The number of aromatic nitrogens is 2. The highest BCUT2D eigenvalue weighted by Gasteiger charge is 2.12. The van der Waals surface area contributed by atoms with E-state index in [1.54, 1.807) is 30.5 Å². The first kappa shape index (κ1) is 20.7. The van der Waals surface area contributed by atoms with Crippen LogP contribution < -0.4 is 5.32 Å². The lowest BCUT2D eigenvalue weighted by atomic mass is 10.1. The van der Waals surface area contributed by atoms with Crippen molar-refractivity contribution in [2.24, 2.45) is 0 Å². The van der Waals surface area contributed by atoms with Crippen molar-refractivity contribution in [3.05, 3.63) is 71.4 Å². The van der Waals surface area contributed by atoms with Crippen LogP contribution >= 0.6 is 11.8 Å². The van der Waals surface area contributed by atoms with Crippen LogP contribution in [0.2, 0.25) is 0 Å². The molecule has 0 fully saturated rings. The van der Waals surface area contributed by atoms with Crippen LogP contribution in [0.25, 0.3) is 11.3 Å². The van der Waals surface area contributed by atoms with Gasteiger partial charge in [0.2, 0.25) is 5.91 Å². The maximum atomic E-state index is 14.2. The molecule has 0 saturated heterocycles. The molecule has 29 heavy (non-hydrogen) atoms. The summed E-state index contributed by atoms with van der Waals surface area (Å²) in [5, 5.41) is 3.16. The van der Waals surface area contributed by atoms with E-state index in [9.17, 15) is 18.4 Å². The van der Waals surface area contributed by atoms with Gasteiger partial charge < -0.3 is 10.3 Å². The third-order valence-corrected chi connectivity index (χ3v) is 5.08. The first-order chi connectivity index (χ1) is 13.9. The smallest absolute Gasteiger partial charge is 0.216 e. The van der Waals surface area contributed by atoms with Crippen LogP contribution in [-0.4, -0.2) is 34.0 Å². The van der Waals surface area contributed by atoms with E-state index in [-0.39, 0.29) is 28.8 Å². The molecule has 1 heterocycles. The lowest BCUT2D eigenvalue weighted by Gasteiger charge is -2.06. The molecular weight excluding hydrogens is 396 g/mol. The zero-order chi connectivity index (χ0) is 20.8. The summed E-state index contributed by atoms with van der Waals surface area (Å²) < 4.78 is 27.2. The Balaban J connectivity index is 1.57. The van der Waals surface area contributed by atoms with E-state index in [4.69, 9.17) is 0 Å². The molecule has 0 aliphatic heterocycles. The van der Waals surface area contributed by atoms with Crippen LogP contribution in [0.15, 0.2) is 53.8 Å². The molecule has 150 valence electrons. The van der Waals surface area contributed by atoms with Crippen LogP contribution in [0.1, 0.15) is 22.8 Å². The van der Waals surface area contributed by atoms with E-state index in [1.165, 1.54) is 36.9 Å². The van der Waals surface area contributed by atoms with Crippen molar-refractivity contribution >= 4 is 23.5 Å². The molecule has 0 atom stereocenters.